The molecule has 1 aliphatic rings. The Morgan fingerprint density at radius 3 is 2.65 bits per heavy atom. The molecule has 4 amide bonds. The number of nitrogens with zero attached hydrogens (tertiary/aromatic N) is 1. The Labute approximate surface area is 188 Å². The highest BCUT2D eigenvalue weighted by molar-refractivity contribution is 9.10. The molecule has 0 unspecified atom stereocenters. The van der Waals surface area contributed by atoms with Gasteiger partial charge in [0.1, 0.15) is 12.2 Å². The topological polar surface area (TPSA) is 84.9 Å². The van der Waals surface area contributed by atoms with Crippen molar-refractivity contribution in [2.24, 2.45) is 0 Å². The van der Waals surface area contributed by atoms with Crippen LogP contribution < -0.4 is 19.7 Å². The molecule has 0 aromatic heterocycles. The van der Waals surface area contributed by atoms with Crippen molar-refractivity contribution in [2.45, 2.75) is 13.8 Å². The summed E-state index contributed by atoms with van der Waals surface area (Å²) in [6.07, 6.45) is 6.66. The van der Waals surface area contributed by atoms with Gasteiger partial charge in [0.05, 0.1) is 16.8 Å². The van der Waals surface area contributed by atoms with E-state index in [0.29, 0.717) is 33.8 Å². The van der Waals surface area contributed by atoms with Gasteiger partial charge in [-0.15, -0.1) is 6.42 Å². The highest BCUT2D eigenvalue weighted by atomic mass is 79.9. The summed E-state index contributed by atoms with van der Waals surface area (Å²) in [5.41, 5.74) is 1.55. The number of amides is 4. The molecule has 3 rings (SSSR count). The minimum atomic E-state index is -0.799. The number of rotatable bonds is 6. The number of benzene rings is 2. The van der Waals surface area contributed by atoms with Gasteiger partial charge in [0.25, 0.3) is 11.8 Å². The van der Waals surface area contributed by atoms with Gasteiger partial charge in [-0.25, -0.2) is 9.69 Å². The second-order valence-corrected chi connectivity index (χ2v) is 7.41. The fourth-order valence-electron chi connectivity index (χ4n) is 3.01. The number of carbonyl (C=O) groups is 3. The average molecular weight is 483 g/mol. The molecule has 31 heavy (non-hydrogen) atoms. The van der Waals surface area contributed by atoms with Crippen molar-refractivity contribution in [3.05, 3.63) is 57.6 Å². The van der Waals surface area contributed by atoms with Crippen LogP contribution in [-0.4, -0.2) is 31.1 Å². The zero-order valence-electron chi connectivity index (χ0n) is 16.9. The van der Waals surface area contributed by atoms with Crippen LogP contribution in [0.25, 0.3) is 6.08 Å². The smallest absolute Gasteiger partial charge is 0.335 e. The van der Waals surface area contributed by atoms with E-state index in [9.17, 15) is 14.4 Å². The number of hydrogen-bond donors (Lipinski definition) is 1. The van der Waals surface area contributed by atoms with E-state index >= 15 is 0 Å². The van der Waals surface area contributed by atoms with Crippen LogP contribution in [0.2, 0.25) is 0 Å². The first-order valence-corrected chi connectivity index (χ1v) is 10.2. The zero-order valence-corrected chi connectivity index (χ0v) is 18.5. The van der Waals surface area contributed by atoms with Crippen LogP contribution in [0.15, 0.2) is 46.4 Å². The lowest BCUT2D eigenvalue weighted by atomic mass is 10.1. The third kappa shape index (κ3) is 4.78. The number of hydrogen-bond acceptors (Lipinski definition) is 5. The molecule has 2 aromatic rings. The predicted octanol–water partition coefficient (Wildman–Crippen LogP) is 3.83. The molecule has 0 bridgehead atoms. The molecule has 1 fully saturated rings. The van der Waals surface area contributed by atoms with E-state index in [1.54, 1.807) is 30.3 Å². The quantitative estimate of drug-likeness (QED) is 0.384. The molecule has 0 saturated carbocycles. The maximum Gasteiger partial charge on any atom is 0.335 e. The van der Waals surface area contributed by atoms with Gasteiger partial charge in [0.2, 0.25) is 0 Å². The largest absolute Gasteiger partial charge is 0.490 e. The van der Waals surface area contributed by atoms with Crippen molar-refractivity contribution in [3.63, 3.8) is 0 Å². The Kier molecular flexibility index (Phi) is 6.78. The Bertz CT molecular complexity index is 1130. The van der Waals surface area contributed by atoms with Crippen molar-refractivity contribution in [1.82, 2.24) is 5.32 Å². The number of carbonyl (C=O) groups excluding carboxylic acids is 3. The molecule has 0 atom stereocenters. The Hall–Kier alpha value is -3.57. The molecule has 1 aliphatic heterocycles. The van der Waals surface area contributed by atoms with E-state index in [2.05, 4.69) is 27.2 Å². The monoisotopic (exact) mass is 482 g/mol. The summed E-state index contributed by atoms with van der Waals surface area (Å²) in [5, 5.41) is 2.21. The number of barbiturate groups is 1. The van der Waals surface area contributed by atoms with Crippen LogP contribution in [0, 0.1) is 19.3 Å². The first-order chi connectivity index (χ1) is 14.8. The van der Waals surface area contributed by atoms with Gasteiger partial charge in [-0.2, -0.15) is 0 Å². The maximum absolute atomic E-state index is 13.1. The van der Waals surface area contributed by atoms with Gasteiger partial charge >= 0.3 is 6.03 Å². The van der Waals surface area contributed by atoms with Gasteiger partial charge in [-0.1, -0.05) is 18.1 Å². The molecule has 2 aromatic carbocycles. The number of urea groups is 1. The summed E-state index contributed by atoms with van der Waals surface area (Å²) in [6, 6.07) is 9.37. The third-order valence-electron chi connectivity index (χ3n) is 4.30. The summed E-state index contributed by atoms with van der Waals surface area (Å²) >= 11 is 3.41. The first-order valence-electron chi connectivity index (χ1n) is 9.36. The average Bonchev–Trinajstić information content (AvgIpc) is 2.71. The van der Waals surface area contributed by atoms with Gasteiger partial charge in [-0.05, 0) is 71.2 Å². The number of halogens is 1. The number of aryl methyl sites for hydroxylation is 1. The number of ether oxygens (including phenoxy) is 2. The standard InChI is InChI=1S/C23H19BrN2O5/c1-4-9-31-20-18(24)12-15(13-19(20)30-5-2)11-17-21(27)25-23(29)26(22(17)28)16-8-6-7-14(3)10-16/h1,6-8,10-13H,5,9H2,2-3H3,(H,25,27,29)/b17-11+. The van der Waals surface area contributed by atoms with Crippen LogP contribution >= 0.6 is 15.9 Å². The lowest BCUT2D eigenvalue weighted by Gasteiger charge is -2.26. The van der Waals surface area contributed by atoms with Gasteiger partial charge in [0, 0.05) is 0 Å². The van der Waals surface area contributed by atoms with Crippen molar-refractivity contribution in [3.8, 4) is 23.8 Å². The molecule has 0 radical (unpaired) electrons. The highest BCUT2D eigenvalue weighted by Crippen LogP contribution is 2.37. The second kappa shape index (κ2) is 9.49. The van der Waals surface area contributed by atoms with Crippen LogP contribution in [0.5, 0.6) is 11.5 Å². The fourth-order valence-corrected chi connectivity index (χ4v) is 3.59. The Morgan fingerprint density at radius 1 is 1.19 bits per heavy atom. The lowest BCUT2D eigenvalue weighted by Crippen LogP contribution is -2.54. The van der Waals surface area contributed by atoms with E-state index in [4.69, 9.17) is 15.9 Å². The summed E-state index contributed by atoms with van der Waals surface area (Å²) in [6.45, 7) is 4.07. The summed E-state index contributed by atoms with van der Waals surface area (Å²) in [4.78, 5) is 38.8. The zero-order chi connectivity index (χ0) is 22.5. The van der Waals surface area contributed by atoms with Gasteiger partial charge in [-0.3, -0.25) is 14.9 Å². The van der Waals surface area contributed by atoms with Crippen LogP contribution in [0.1, 0.15) is 18.1 Å². The summed E-state index contributed by atoms with van der Waals surface area (Å²) in [5.74, 6) is 1.70. The molecule has 8 heteroatoms. The Morgan fingerprint density at radius 2 is 1.97 bits per heavy atom. The van der Waals surface area contributed by atoms with E-state index in [-0.39, 0.29) is 12.2 Å². The third-order valence-corrected chi connectivity index (χ3v) is 4.89. The van der Waals surface area contributed by atoms with E-state index in [1.807, 2.05) is 19.9 Å². The molecule has 7 nitrogen and oxygen atoms in total. The Balaban J connectivity index is 2.03. The SMILES string of the molecule is C#CCOc1c(Br)cc(/C=C2\C(=O)NC(=O)N(c3cccc(C)c3)C2=O)cc1OCC. The highest BCUT2D eigenvalue weighted by Gasteiger charge is 2.36. The number of imide groups is 2. The number of terminal acetylenes is 1. The van der Waals surface area contributed by atoms with Gasteiger partial charge in [0.15, 0.2) is 11.5 Å². The lowest BCUT2D eigenvalue weighted by molar-refractivity contribution is -0.122. The molecule has 1 heterocycles. The number of nitrogens with one attached hydrogen (secondary N) is 1. The maximum atomic E-state index is 13.1. The van der Waals surface area contributed by atoms with Gasteiger partial charge < -0.3 is 9.47 Å². The first kappa shape index (κ1) is 22.1. The molecular weight excluding hydrogens is 464 g/mol. The van der Waals surface area contributed by atoms with E-state index in [1.165, 1.54) is 6.08 Å². The molecule has 0 aliphatic carbocycles. The summed E-state index contributed by atoms with van der Waals surface area (Å²) < 4.78 is 11.7. The van der Waals surface area contributed by atoms with Crippen LogP contribution in [-0.2, 0) is 9.59 Å². The van der Waals surface area contributed by atoms with E-state index in [0.717, 1.165) is 10.5 Å². The normalized spacial score (nSPS) is 15.0. The van der Waals surface area contributed by atoms with Crippen molar-refractivity contribution < 1.29 is 23.9 Å². The minimum Gasteiger partial charge on any atom is -0.490 e. The van der Waals surface area contributed by atoms with E-state index < -0.39 is 17.8 Å². The molecule has 1 saturated heterocycles. The molecule has 0 spiro atoms. The minimum absolute atomic E-state index is 0.0492. The van der Waals surface area contributed by atoms with Crippen molar-refractivity contribution >= 4 is 45.5 Å². The van der Waals surface area contributed by atoms with Crippen molar-refractivity contribution in [2.75, 3.05) is 18.1 Å². The molecule has 158 valence electrons. The molecule has 1 N–H and O–H groups in total. The fraction of sp³-hybridized carbons (Fsp3) is 0.174. The van der Waals surface area contributed by atoms with Crippen LogP contribution in [0.4, 0.5) is 10.5 Å². The number of anilines is 1. The molecular formula is C23H19BrN2O5. The summed E-state index contributed by atoms with van der Waals surface area (Å²) in [7, 11) is 0. The van der Waals surface area contributed by atoms with Crippen LogP contribution in [0.3, 0.4) is 0 Å². The predicted molar refractivity (Wildman–Crippen MR) is 120 cm³/mol. The van der Waals surface area contributed by atoms with Crippen molar-refractivity contribution in [1.29, 1.82) is 0 Å². The second-order valence-electron chi connectivity index (χ2n) is 6.55.